The number of ether oxygens (including phenoxy) is 1. The van der Waals surface area contributed by atoms with Crippen molar-refractivity contribution in [2.45, 2.75) is 33.2 Å². The Bertz CT molecular complexity index is 1140. The second-order valence-electron chi connectivity index (χ2n) is 8.12. The summed E-state index contributed by atoms with van der Waals surface area (Å²) in [4.78, 5) is 27.0. The average molecular weight is 438 g/mol. The number of nitrogens with zero attached hydrogens (tertiary/aromatic N) is 1. The molecule has 32 heavy (non-hydrogen) atoms. The van der Waals surface area contributed by atoms with E-state index < -0.39 is 5.63 Å². The number of para-hydroxylation sites is 1. The molecule has 1 amide bonds. The number of fused-ring (bicyclic) bond motifs is 1. The molecule has 0 aliphatic heterocycles. The van der Waals surface area contributed by atoms with E-state index in [9.17, 15) is 9.59 Å². The lowest BCUT2D eigenvalue weighted by Crippen LogP contribution is -2.41. The van der Waals surface area contributed by atoms with Gasteiger partial charge in [-0.15, -0.1) is 0 Å². The van der Waals surface area contributed by atoms with Crippen LogP contribution in [0.25, 0.3) is 11.0 Å². The molecule has 170 valence electrons. The molecule has 0 saturated heterocycles. The molecule has 2 N–H and O–H groups in total. The number of carbonyl (C=O) groups is 1. The van der Waals surface area contributed by atoms with Crippen molar-refractivity contribution in [1.82, 2.24) is 5.32 Å². The first-order valence-corrected chi connectivity index (χ1v) is 10.8. The Hall–Kier alpha value is -3.32. The predicted octanol–water partition coefficient (Wildman–Crippen LogP) is 4.53. The molecule has 0 spiro atoms. The van der Waals surface area contributed by atoms with Crippen LogP contribution in [-0.4, -0.2) is 32.7 Å². The van der Waals surface area contributed by atoms with Crippen LogP contribution in [0.3, 0.4) is 0 Å². The van der Waals surface area contributed by atoms with Crippen LogP contribution >= 0.6 is 0 Å². The minimum atomic E-state index is -0.422. The van der Waals surface area contributed by atoms with Gasteiger partial charge in [-0.2, -0.15) is 0 Å². The fourth-order valence-electron chi connectivity index (χ4n) is 3.73. The number of nitrogens with one attached hydrogen (secondary N) is 2. The number of anilines is 3. The summed E-state index contributed by atoms with van der Waals surface area (Å²) in [5.41, 5.74) is 2.17. The zero-order valence-corrected chi connectivity index (χ0v) is 19.3. The summed E-state index contributed by atoms with van der Waals surface area (Å²) in [7, 11) is 3.44. The Morgan fingerprint density at radius 1 is 1.16 bits per heavy atom. The highest BCUT2D eigenvalue weighted by atomic mass is 16.5. The van der Waals surface area contributed by atoms with Crippen molar-refractivity contribution in [3.63, 3.8) is 0 Å². The van der Waals surface area contributed by atoms with Crippen LogP contribution in [0.5, 0.6) is 5.75 Å². The second kappa shape index (κ2) is 10.3. The molecular weight excluding hydrogens is 406 g/mol. The molecule has 3 aromatic rings. The van der Waals surface area contributed by atoms with Crippen molar-refractivity contribution in [2.24, 2.45) is 5.92 Å². The number of hydrogen-bond acceptors (Lipinski definition) is 6. The molecule has 0 saturated carbocycles. The van der Waals surface area contributed by atoms with Crippen LogP contribution in [0.1, 0.15) is 27.2 Å². The van der Waals surface area contributed by atoms with E-state index in [-0.39, 0.29) is 11.9 Å². The maximum atomic E-state index is 13.0. The van der Waals surface area contributed by atoms with Crippen LogP contribution in [0, 0.1) is 5.92 Å². The lowest BCUT2D eigenvalue weighted by Gasteiger charge is -2.23. The molecule has 1 atom stereocenters. The van der Waals surface area contributed by atoms with Gasteiger partial charge >= 0.3 is 5.63 Å². The van der Waals surface area contributed by atoms with Crippen molar-refractivity contribution in [2.75, 3.05) is 30.9 Å². The first-order chi connectivity index (χ1) is 15.3. The molecule has 3 rings (SSSR count). The largest absolute Gasteiger partial charge is 0.495 e. The predicted molar refractivity (Wildman–Crippen MR) is 129 cm³/mol. The Labute approximate surface area is 188 Å². The van der Waals surface area contributed by atoms with Crippen molar-refractivity contribution < 1.29 is 13.9 Å². The number of amides is 1. The summed E-state index contributed by atoms with van der Waals surface area (Å²) < 4.78 is 10.8. The normalized spacial score (nSPS) is 12.1. The maximum Gasteiger partial charge on any atom is 0.338 e. The quantitative estimate of drug-likeness (QED) is 0.479. The summed E-state index contributed by atoms with van der Waals surface area (Å²) in [6, 6.07) is 14.1. The molecule has 0 fully saturated rings. The van der Waals surface area contributed by atoms with Gasteiger partial charge in [0.2, 0.25) is 5.91 Å². The Balaban J connectivity index is 1.96. The van der Waals surface area contributed by atoms with Crippen LogP contribution in [-0.2, 0) is 4.79 Å². The van der Waals surface area contributed by atoms with Crippen LogP contribution in [0.15, 0.2) is 57.7 Å². The molecule has 1 heterocycles. The molecule has 1 aromatic heterocycles. The minimum Gasteiger partial charge on any atom is -0.495 e. The Morgan fingerprint density at radius 3 is 2.59 bits per heavy atom. The first kappa shape index (κ1) is 23.3. The zero-order valence-electron chi connectivity index (χ0n) is 19.3. The van der Waals surface area contributed by atoms with Gasteiger partial charge in [0.25, 0.3) is 0 Å². The van der Waals surface area contributed by atoms with Gasteiger partial charge in [0.15, 0.2) is 0 Å². The van der Waals surface area contributed by atoms with E-state index in [2.05, 4.69) is 24.5 Å². The van der Waals surface area contributed by atoms with Crippen molar-refractivity contribution in [1.29, 1.82) is 0 Å². The van der Waals surface area contributed by atoms with E-state index >= 15 is 0 Å². The summed E-state index contributed by atoms with van der Waals surface area (Å²) in [6.45, 7) is 6.87. The monoisotopic (exact) mass is 437 g/mol. The first-order valence-electron chi connectivity index (χ1n) is 10.8. The molecule has 0 aliphatic carbocycles. The number of benzene rings is 2. The van der Waals surface area contributed by atoms with Crippen molar-refractivity contribution in [3.8, 4) is 5.75 Å². The topological polar surface area (TPSA) is 83.8 Å². The van der Waals surface area contributed by atoms with Gasteiger partial charge in [-0.05, 0) is 49.2 Å². The van der Waals surface area contributed by atoms with Crippen molar-refractivity contribution >= 4 is 33.9 Å². The third-order valence-electron chi connectivity index (χ3n) is 5.29. The van der Waals surface area contributed by atoms with Gasteiger partial charge in [0.05, 0.1) is 24.5 Å². The molecule has 0 bridgehead atoms. The third-order valence-corrected chi connectivity index (χ3v) is 5.29. The van der Waals surface area contributed by atoms with E-state index in [0.29, 0.717) is 35.2 Å². The SMILES string of the molecule is CCN[C@@H](CC(C)C)C(=O)Nc1cc(N(C)c2cc(=O)oc3ccccc23)ccc1OC. The lowest BCUT2D eigenvalue weighted by molar-refractivity contribution is -0.118. The highest BCUT2D eigenvalue weighted by Crippen LogP contribution is 2.34. The van der Waals surface area contributed by atoms with Gasteiger partial charge in [0, 0.05) is 24.2 Å². The number of rotatable bonds is 9. The number of methoxy groups -OCH3 is 1. The van der Waals surface area contributed by atoms with Gasteiger partial charge < -0.3 is 24.7 Å². The fraction of sp³-hybridized carbons (Fsp3) is 0.360. The molecule has 7 heteroatoms. The Kier molecular flexibility index (Phi) is 7.53. The summed E-state index contributed by atoms with van der Waals surface area (Å²) in [5.74, 6) is 0.833. The van der Waals surface area contributed by atoms with E-state index in [1.807, 2.05) is 49.2 Å². The van der Waals surface area contributed by atoms with E-state index in [1.54, 1.807) is 19.2 Å². The standard InChI is InChI=1S/C25H31N3O4/c1-6-26-20(13-16(2)3)25(30)27-19-14-17(11-12-23(19)31-5)28(4)21-15-24(29)32-22-10-8-7-9-18(21)22/h7-12,14-16,20,26H,6,13H2,1-5H3,(H,27,30)/t20-/m0/s1. The van der Waals surface area contributed by atoms with Gasteiger partial charge in [-0.1, -0.05) is 32.9 Å². The number of likely N-dealkylation sites (N-methyl/N-ethyl adjacent to an activating group) is 1. The molecule has 0 aliphatic rings. The Morgan fingerprint density at radius 2 is 1.91 bits per heavy atom. The smallest absolute Gasteiger partial charge is 0.338 e. The summed E-state index contributed by atoms with van der Waals surface area (Å²) >= 11 is 0. The van der Waals surface area contributed by atoms with Crippen LogP contribution in [0.4, 0.5) is 17.1 Å². The summed E-state index contributed by atoms with van der Waals surface area (Å²) in [6.07, 6.45) is 0.730. The number of hydrogen-bond donors (Lipinski definition) is 2. The van der Waals surface area contributed by atoms with Gasteiger partial charge in [-0.3, -0.25) is 4.79 Å². The van der Waals surface area contributed by atoms with Gasteiger partial charge in [-0.25, -0.2) is 4.79 Å². The maximum absolute atomic E-state index is 13.0. The van der Waals surface area contributed by atoms with E-state index in [1.165, 1.54) is 6.07 Å². The molecular formula is C25H31N3O4. The van der Waals surface area contributed by atoms with Crippen LogP contribution < -0.4 is 25.9 Å². The molecule has 0 unspecified atom stereocenters. The number of carbonyl (C=O) groups excluding carboxylic acids is 1. The van der Waals surface area contributed by atoms with Crippen LogP contribution in [0.2, 0.25) is 0 Å². The lowest BCUT2D eigenvalue weighted by atomic mass is 10.0. The molecule has 0 radical (unpaired) electrons. The molecule has 7 nitrogen and oxygen atoms in total. The van der Waals surface area contributed by atoms with E-state index in [4.69, 9.17) is 9.15 Å². The van der Waals surface area contributed by atoms with E-state index in [0.717, 1.165) is 17.5 Å². The summed E-state index contributed by atoms with van der Waals surface area (Å²) in [5, 5.41) is 7.09. The third kappa shape index (κ3) is 5.29. The second-order valence-corrected chi connectivity index (χ2v) is 8.12. The van der Waals surface area contributed by atoms with Gasteiger partial charge in [0.1, 0.15) is 11.3 Å². The average Bonchev–Trinajstić information content (AvgIpc) is 2.77. The zero-order chi connectivity index (χ0) is 23.3. The highest BCUT2D eigenvalue weighted by Gasteiger charge is 2.21. The fourth-order valence-corrected chi connectivity index (χ4v) is 3.73. The highest BCUT2D eigenvalue weighted by molar-refractivity contribution is 5.97. The minimum absolute atomic E-state index is 0.107. The molecule has 2 aromatic carbocycles. The van der Waals surface area contributed by atoms with Crippen molar-refractivity contribution in [3.05, 3.63) is 59.0 Å².